The third-order valence-corrected chi connectivity index (χ3v) is 0.982. The molecule has 0 aliphatic rings. The Kier molecular flexibility index (Phi) is 1.86. The topological polar surface area (TPSA) is 101 Å². The largest absolute Gasteiger partial charge is 0.351 e. The molecular formula is C5H6N4O2. The van der Waals surface area contributed by atoms with Crippen molar-refractivity contribution in [2.75, 3.05) is 0 Å². The predicted octanol–water partition coefficient (Wildman–Crippen LogP) is -0.782. The van der Waals surface area contributed by atoms with Crippen molar-refractivity contribution in [3.63, 3.8) is 0 Å². The van der Waals surface area contributed by atoms with Gasteiger partial charge in [0.1, 0.15) is 5.69 Å². The molecule has 0 bridgehead atoms. The Morgan fingerprint density at radius 1 is 1.64 bits per heavy atom. The number of nitrogens with one attached hydrogen (secondary N) is 2. The zero-order valence-electron chi connectivity index (χ0n) is 5.50. The molecule has 6 heteroatoms. The van der Waals surface area contributed by atoms with Gasteiger partial charge >= 0.3 is 6.03 Å². The number of imide groups is 1. The Hall–Kier alpha value is -1.85. The van der Waals surface area contributed by atoms with Crippen LogP contribution >= 0.6 is 0 Å². The average molecular weight is 154 g/mol. The van der Waals surface area contributed by atoms with E-state index in [9.17, 15) is 9.59 Å². The second-order valence-corrected chi connectivity index (χ2v) is 1.79. The maximum absolute atomic E-state index is 10.8. The van der Waals surface area contributed by atoms with E-state index in [0.717, 1.165) is 0 Å². The monoisotopic (exact) mass is 154 g/mol. The molecule has 58 valence electrons. The number of hydrogen-bond acceptors (Lipinski definition) is 3. The van der Waals surface area contributed by atoms with E-state index in [1.54, 1.807) is 0 Å². The van der Waals surface area contributed by atoms with Crippen molar-refractivity contribution < 1.29 is 9.59 Å². The Bertz CT molecular complexity index is 266. The average Bonchev–Trinajstić information content (AvgIpc) is 2.35. The molecule has 0 saturated heterocycles. The van der Waals surface area contributed by atoms with Crippen molar-refractivity contribution in [1.82, 2.24) is 15.5 Å². The van der Waals surface area contributed by atoms with E-state index < -0.39 is 11.9 Å². The molecule has 1 rings (SSSR count). The number of carbonyl (C=O) groups excluding carboxylic acids is 2. The Morgan fingerprint density at radius 3 is 2.82 bits per heavy atom. The van der Waals surface area contributed by atoms with Gasteiger partial charge in [-0.05, 0) is 6.07 Å². The van der Waals surface area contributed by atoms with Crippen LogP contribution in [0.4, 0.5) is 4.79 Å². The van der Waals surface area contributed by atoms with Crippen molar-refractivity contribution in [2.24, 2.45) is 5.73 Å². The van der Waals surface area contributed by atoms with Gasteiger partial charge in [-0.2, -0.15) is 5.10 Å². The van der Waals surface area contributed by atoms with Gasteiger partial charge in [-0.15, -0.1) is 0 Å². The van der Waals surface area contributed by atoms with Gasteiger partial charge in [0, 0.05) is 6.20 Å². The number of urea groups is 1. The van der Waals surface area contributed by atoms with Crippen LogP contribution in [0.5, 0.6) is 0 Å². The molecule has 4 N–H and O–H groups in total. The normalized spacial score (nSPS) is 9.09. The fourth-order valence-electron chi connectivity index (χ4n) is 0.562. The molecule has 11 heavy (non-hydrogen) atoms. The van der Waals surface area contributed by atoms with Gasteiger partial charge < -0.3 is 5.73 Å². The molecular weight excluding hydrogens is 148 g/mol. The van der Waals surface area contributed by atoms with E-state index in [2.05, 4.69) is 10.2 Å². The number of amides is 3. The number of aromatic nitrogens is 2. The number of rotatable bonds is 1. The lowest BCUT2D eigenvalue weighted by atomic mass is 10.4. The summed E-state index contributed by atoms with van der Waals surface area (Å²) in [4.78, 5) is 21.0. The van der Waals surface area contributed by atoms with Crippen LogP contribution in [0.1, 0.15) is 10.5 Å². The lowest BCUT2D eigenvalue weighted by Gasteiger charge is -1.94. The van der Waals surface area contributed by atoms with Crippen LogP contribution in [0.2, 0.25) is 0 Å². The second-order valence-electron chi connectivity index (χ2n) is 1.79. The highest BCUT2D eigenvalue weighted by atomic mass is 16.2. The smallest absolute Gasteiger partial charge is 0.319 e. The molecule has 0 radical (unpaired) electrons. The highest BCUT2D eigenvalue weighted by molar-refractivity contribution is 6.02. The fraction of sp³-hybridized carbons (Fsp3) is 0. The van der Waals surface area contributed by atoms with E-state index in [4.69, 9.17) is 5.73 Å². The minimum absolute atomic E-state index is 0.198. The van der Waals surface area contributed by atoms with Crippen LogP contribution in [0.25, 0.3) is 0 Å². The molecule has 0 saturated carbocycles. The van der Waals surface area contributed by atoms with Crippen LogP contribution in [0.3, 0.4) is 0 Å². The molecule has 3 amide bonds. The first-order chi connectivity index (χ1) is 5.20. The Balaban J connectivity index is 2.64. The SMILES string of the molecule is NC(=O)NC(=O)c1ccn[nH]1. The third kappa shape index (κ3) is 1.78. The van der Waals surface area contributed by atoms with Gasteiger partial charge in [0.2, 0.25) is 0 Å². The number of carbonyl (C=O) groups is 2. The molecule has 0 aromatic carbocycles. The van der Waals surface area contributed by atoms with Gasteiger partial charge in [-0.3, -0.25) is 15.2 Å². The van der Waals surface area contributed by atoms with E-state index in [0.29, 0.717) is 0 Å². The van der Waals surface area contributed by atoms with Crippen molar-refractivity contribution in [2.45, 2.75) is 0 Å². The molecule has 0 aliphatic heterocycles. The van der Waals surface area contributed by atoms with Crippen LogP contribution in [0.15, 0.2) is 12.3 Å². The maximum atomic E-state index is 10.8. The van der Waals surface area contributed by atoms with Crippen molar-refractivity contribution in [3.8, 4) is 0 Å². The third-order valence-electron chi connectivity index (χ3n) is 0.982. The summed E-state index contributed by atoms with van der Waals surface area (Å²) in [5.74, 6) is -0.588. The molecule has 0 fully saturated rings. The summed E-state index contributed by atoms with van der Waals surface area (Å²) in [7, 11) is 0. The van der Waals surface area contributed by atoms with Gasteiger partial charge in [0.15, 0.2) is 0 Å². The molecule has 0 aliphatic carbocycles. The van der Waals surface area contributed by atoms with Gasteiger partial charge in [-0.1, -0.05) is 0 Å². The summed E-state index contributed by atoms with van der Waals surface area (Å²) >= 11 is 0. The first-order valence-electron chi connectivity index (χ1n) is 2.80. The number of aromatic amines is 1. The number of H-pyrrole nitrogens is 1. The Labute approximate surface area is 61.8 Å². The molecule has 0 unspecified atom stereocenters. The number of primary amides is 1. The molecule has 0 spiro atoms. The molecule has 6 nitrogen and oxygen atoms in total. The van der Waals surface area contributed by atoms with E-state index >= 15 is 0 Å². The minimum atomic E-state index is -0.885. The van der Waals surface area contributed by atoms with Crippen molar-refractivity contribution in [1.29, 1.82) is 0 Å². The second kappa shape index (κ2) is 2.82. The zero-order valence-corrected chi connectivity index (χ0v) is 5.50. The zero-order chi connectivity index (χ0) is 8.27. The van der Waals surface area contributed by atoms with Crippen molar-refractivity contribution >= 4 is 11.9 Å². The van der Waals surface area contributed by atoms with Gasteiger partial charge in [0.25, 0.3) is 5.91 Å². The number of hydrogen-bond donors (Lipinski definition) is 3. The summed E-state index contributed by atoms with van der Waals surface area (Å²) in [5, 5.41) is 7.76. The number of nitrogens with zero attached hydrogens (tertiary/aromatic N) is 1. The first-order valence-corrected chi connectivity index (χ1v) is 2.80. The quantitative estimate of drug-likeness (QED) is 0.494. The standard InChI is InChI=1S/C5H6N4O2/c6-5(11)8-4(10)3-1-2-7-9-3/h1-2H,(H,7,9)(H3,6,8,10,11). The van der Waals surface area contributed by atoms with Crippen LogP contribution in [0, 0.1) is 0 Å². The van der Waals surface area contributed by atoms with E-state index in [1.807, 2.05) is 5.32 Å². The fourth-order valence-corrected chi connectivity index (χ4v) is 0.562. The predicted molar refractivity (Wildman–Crippen MR) is 35.6 cm³/mol. The van der Waals surface area contributed by atoms with Gasteiger partial charge in [0.05, 0.1) is 0 Å². The van der Waals surface area contributed by atoms with E-state index in [1.165, 1.54) is 12.3 Å². The summed E-state index contributed by atoms with van der Waals surface area (Å²) < 4.78 is 0. The summed E-state index contributed by atoms with van der Waals surface area (Å²) in [6.45, 7) is 0. The lowest BCUT2D eigenvalue weighted by Crippen LogP contribution is -2.35. The number of nitrogens with two attached hydrogens (primary N) is 1. The molecule has 1 heterocycles. The summed E-state index contributed by atoms with van der Waals surface area (Å²) in [6.07, 6.45) is 1.40. The summed E-state index contributed by atoms with van der Waals surface area (Å²) in [5.41, 5.74) is 4.89. The first kappa shape index (κ1) is 7.26. The highest BCUT2D eigenvalue weighted by Crippen LogP contribution is 1.89. The minimum Gasteiger partial charge on any atom is -0.351 e. The van der Waals surface area contributed by atoms with Gasteiger partial charge in [-0.25, -0.2) is 4.79 Å². The molecule has 0 atom stereocenters. The highest BCUT2D eigenvalue weighted by Gasteiger charge is 2.07. The molecule has 1 aromatic heterocycles. The molecule has 1 aromatic rings. The Morgan fingerprint density at radius 2 is 2.36 bits per heavy atom. The van der Waals surface area contributed by atoms with Crippen LogP contribution < -0.4 is 11.1 Å². The lowest BCUT2D eigenvalue weighted by molar-refractivity contribution is 0.0961. The summed E-state index contributed by atoms with van der Waals surface area (Å²) in [6, 6.07) is 0.544. The van der Waals surface area contributed by atoms with Crippen LogP contribution in [-0.2, 0) is 0 Å². The van der Waals surface area contributed by atoms with Crippen LogP contribution in [-0.4, -0.2) is 22.1 Å². The maximum Gasteiger partial charge on any atom is 0.319 e. The van der Waals surface area contributed by atoms with E-state index in [-0.39, 0.29) is 5.69 Å². The van der Waals surface area contributed by atoms with Crippen molar-refractivity contribution in [3.05, 3.63) is 18.0 Å².